The van der Waals surface area contributed by atoms with Crippen LogP contribution in [0, 0.1) is 0 Å². The van der Waals surface area contributed by atoms with Gasteiger partial charge in [-0.1, -0.05) is 0 Å². The first-order valence-corrected chi connectivity index (χ1v) is 5.75. The van der Waals surface area contributed by atoms with Crippen LogP contribution in [0.4, 0.5) is 0 Å². The molecular weight excluding hydrogens is 286 g/mol. The third kappa shape index (κ3) is 1.61. The van der Waals surface area contributed by atoms with E-state index in [4.69, 9.17) is 4.42 Å². The van der Waals surface area contributed by atoms with Crippen molar-refractivity contribution in [2.45, 2.75) is 0 Å². The van der Waals surface area contributed by atoms with E-state index in [1.807, 2.05) is 12.1 Å². The highest BCUT2D eigenvalue weighted by Gasteiger charge is 2.08. The number of fused-ring (bicyclic) bond motifs is 1. The molecule has 17 heavy (non-hydrogen) atoms. The van der Waals surface area contributed by atoms with E-state index in [-0.39, 0.29) is 5.76 Å². The summed E-state index contributed by atoms with van der Waals surface area (Å²) in [5.74, 6) is -0.358. The molecule has 0 saturated heterocycles. The van der Waals surface area contributed by atoms with Gasteiger partial charge in [-0.15, -0.1) is 0 Å². The number of hydrogen-bond acceptors (Lipinski definition) is 3. The van der Waals surface area contributed by atoms with Crippen molar-refractivity contribution < 1.29 is 4.42 Å². The van der Waals surface area contributed by atoms with Gasteiger partial charge in [0.05, 0.1) is 17.4 Å². The van der Waals surface area contributed by atoms with Crippen LogP contribution in [0.3, 0.4) is 0 Å². The molecule has 1 aromatic carbocycles. The number of benzene rings is 1. The number of hydrogen-bond donors (Lipinski definition) is 1. The summed E-state index contributed by atoms with van der Waals surface area (Å²) in [7, 11) is 1.68. The van der Waals surface area contributed by atoms with Gasteiger partial charge in [0.15, 0.2) is 10.3 Å². The topological polar surface area (TPSA) is 63.8 Å². The predicted molar refractivity (Wildman–Crippen MR) is 66.7 cm³/mol. The largest absolute Gasteiger partial charge is 0.419 e. The minimum atomic E-state index is -0.358. The fourth-order valence-electron chi connectivity index (χ4n) is 1.74. The smallest absolute Gasteiger partial charge is 0.408 e. The number of oxazole rings is 1. The van der Waals surface area contributed by atoms with Gasteiger partial charge in [-0.25, -0.2) is 9.78 Å². The number of imidazole rings is 1. The number of nitrogens with one attached hydrogen (secondary N) is 1. The molecule has 6 heteroatoms. The standard InChI is InChI=1S/C11H8BrN3O2/c1-15-8-4-6(7-5-13-10(12)14-7)2-3-9(8)17-11(15)16/h2-5H,1H3,(H,13,14). The summed E-state index contributed by atoms with van der Waals surface area (Å²) in [4.78, 5) is 18.5. The van der Waals surface area contributed by atoms with Gasteiger partial charge in [0.2, 0.25) is 0 Å². The van der Waals surface area contributed by atoms with Crippen molar-refractivity contribution in [2.75, 3.05) is 0 Å². The molecule has 0 fully saturated rings. The monoisotopic (exact) mass is 293 g/mol. The van der Waals surface area contributed by atoms with E-state index in [0.29, 0.717) is 10.3 Å². The highest BCUT2D eigenvalue weighted by atomic mass is 79.9. The number of rotatable bonds is 1. The van der Waals surface area contributed by atoms with E-state index in [2.05, 4.69) is 25.9 Å². The molecule has 0 radical (unpaired) electrons. The van der Waals surface area contributed by atoms with Crippen molar-refractivity contribution in [2.24, 2.45) is 7.05 Å². The normalized spacial score (nSPS) is 11.2. The maximum Gasteiger partial charge on any atom is 0.419 e. The fourth-order valence-corrected chi connectivity index (χ4v) is 2.05. The first kappa shape index (κ1) is 10.3. The molecule has 1 N–H and O–H groups in total. The molecule has 5 nitrogen and oxygen atoms in total. The molecule has 0 spiro atoms. The van der Waals surface area contributed by atoms with Crippen LogP contribution in [0.25, 0.3) is 22.4 Å². The van der Waals surface area contributed by atoms with Gasteiger partial charge in [-0.2, -0.15) is 0 Å². The minimum absolute atomic E-state index is 0.358. The van der Waals surface area contributed by atoms with E-state index in [1.54, 1.807) is 19.3 Å². The van der Waals surface area contributed by atoms with E-state index < -0.39 is 0 Å². The second-order valence-corrected chi connectivity index (χ2v) is 4.45. The van der Waals surface area contributed by atoms with Crippen molar-refractivity contribution >= 4 is 27.0 Å². The van der Waals surface area contributed by atoms with Gasteiger partial charge < -0.3 is 9.40 Å². The Morgan fingerprint density at radius 1 is 1.47 bits per heavy atom. The third-order valence-electron chi connectivity index (χ3n) is 2.65. The SMILES string of the molecule is Cn1c(=O)oc2ccc(-c3cnc(Br)[nH]3)cc21. The lowest BCUT2D eigenvalue weighted by Crippen LogP contribution is -2.08. The molecule has 86 valence electrons. The lowest BCUT2D eigenvalue weighted by molar-refractivity contribution is 0.528. The van der Waals surface area contributed by atoms with Crippen LogP contribution in [0.1, 0.15) is 0 Å². The van der Waals surface area contributed by atoms with Crippen molar-refractivity contribution in [1.82, 2.24) is 14.5 Å². The summed E-state index contributed by atoms with van der Waals surface area (Å²) >= 11 is 3.26. The third-order valence-corrected chi connectivity index (χ3v) is 3.05. The Morgan fingerprint density at radius 2 is 2.29 bits per heavy atom. The average molecular weight is 294 g/mol. The Kier molecular flexibility index (Phi) is 2.19. The summed E-state index contributed by atoms with van der Waals surface area (Å²) < 4.78 is 7.22. The Labute approximate surface area is 104 Å². The Hall–Kier alpha value is -1.82. The molecule has 3 rings (SSSR count). The van der Waals surface area contributed by atoms with E-state index in [9.17, 15) is 4.79 Å². The fraction of sp³-hybridized carbons (Fsp3) is 0.0909. The second kappa shape index (κ2) is 3.59. The van der Waals surface area contributed by atoms with Crippen molar-refractivity contribution in [3.8, 4) is 11.3 Å². The number of H-pyrrole nitrogens is 1. The minimum Gasteiger partial charge on any atom is -0.408 e. The number of aryl methyl sites for hydroxylation is 1. The van der Waals surface area contributed by atoms with Crippen molar-refractivity contribution in [3.63, 3.8) is 0 Å². The zero-order valence-corrected chi connectivity index (χ0v) is 10.5. The molecule has 0 unspecified atom stereocenters. The molecular formula is C11H8BrN3O2. The molecule has 2 heterocycles. The summed E-state index contributed by atoms with van der Waals surface area (Å²) in [5.41, 5.74) is 3.18. The molecule has 0 aliphatic rings. The van der Waals surface area contributed by atoms with Gasteiger partial charge in [0, 0.05) is 12.6 Å². The number of nitrogens with zero attached hydrogens (tertiary/aromatic N) is 2. The molecule has 0 bridgehead atoms. The highest BCUT2D eigenvalue weighted by molar-refractivity contribution is 9.10. The molecule has 3 aromatic rings. The summed E-state index contributed by atoms with van der Waals surface area (Å²) in [6, 6.07) is 5.55. The van der Waals surface area contributed by atoms with Crippen LogP contribution >= 0.6 is 15.9 Å². The summed E-state index contributed by atoms with van der Waals surface area (Å²) in [5, 5.41) is 0. The van der Waals surface area contributed by atoms with E-state index >= 15 is 0 Å². The van der Waals surface area contributed by atoms with Gasteiger partial charge in [-0.3, -0.25) is 4.57 Å². The van der Waals surface area contributed by atoms with E-state index in [0.717, 1.165) is 16.8 Å². The molecule has 0 aliphatic carbocycles. The summed E-state index contributed by atoms with van der Waals surface area (Å²) in [6.07, 6.45) is 1.73. The first-order valence-electron chi connectivity index (χ1n) is 4.95. The van der Waals surface area contributed by atoms with Gasteiger partial charge in [0.1, 0.15) is 0 Å². The van der Waals surface area contributed by atoms with Crippen LogP contribution in [-0.2, 0) is 7.05 Å². The lowest BCUT2D eigenvalue weighted by Gasteiger charge is -1.97. The van der Waals surface area contributed by atoms with Crippen LogP contribution in [-0.4, -0.2) is 14.5 Å². The van der Waals surface area contributed by atoms with Gasteiger partial charge in [0.25, 0.3) is 0 Å². The Bertz CT molecular complexity index is 754. The molecule has 0 amide bonds. The van der Waals surface area contributed by atoms with Crippen molar-refractivity contribution in [3.05, 3.63) is 39.7 Å². The number of aromatic nitrogens is 3. The highest BCUT2D eigenvalue weighted by Crippen LogP contribution is 2.23. The van der Waals surface area contributed by atoms with Crippen LogP contribution < -0.4 is 5.76 Å². The molecule has 0 saturated carbocycles. The van der Waals surface area contributed by atoms with Crippen molar-refractivity contribution in [1.29, 1.82) is 0 Å². The first-order chi connectivity index (χ1) is 8.15. The zero-order valence-electron chi connectivity index (χ0n) is 8.90. The van der Waals surface area contributed by atoms with Gasteiger partial charge >= 0.3 is 5.76 Å². The Morgan fingerprint density at radius 3 is 3.00 bits per heavy atom. The number of halogens is 1. The predicted octanol–water partition coefficient (Wildman–Crippen LogP) is 2.28. The summed E-state index contributed by atoms with van der Waals surface area (Å²) in [6.45, 7) is 0. The number of aromatic amines is 1. The van der Waals surface area contributed by atoms with E-state index in [1.165, 1.54) is 4.57 Å². The molecule has 2 aromatic heterocycles. The van der Waals surface area contributed by atoms with Gasteiger partial charge in [-0.05, 0) is 34.1 Å². The maximum atomic E-state index is 11.4. The Balaban J connectivity index is 2.25. The van der Waals surface area contributed by atoms with Crippen LogP contribution in [0.2, 0.25) is 0 Å². The molecule has 0 atom stereocenters. The molecule has 0 aliphatic heterocycles. The average Bonchev–Trinajstić information content (AvgIpc) is 2.85. The van der Waals surface area contributed by atoms with Crippen LogP contribution in [0.5, 0.6) is 0 Å². The maximum absolute atomic E-state index is 11.4. The second-order valence-electron chi connectivity index (χ2n) is 3.70. The van der Waals surface area contributed by atoms with Crippen LogP contribution in [0.15, 0.2) is 38.3 Å². The lowest BCUT2D eigenvalue weighted by atomic mass is 10.1. The quantitative estimate of drug-likeness (QED) is 0.749. The zero-order chi connectivity index (χ0) is 12.0.